The van der Waals surface area contributed by atoms with Gasteiger partial charge in [-0.3, -0.25) is 86.9 Å². The van der Waals surface area contributed by atoms with E-state index in [1.54, 1.807) is 60.9 Å². The second-order valence-corrected chi connectivity index (χ2v) is 35.7. The highest BCUT2D eigenvalue weighted by Gasteiger charge is 2.47. The van der Waals surface area contributed by atoms with Crippen LogP contribution in [0.1, 0.15) is 139 Å². The summed E-state index contributed by atoms with van der Waals surface area (Å²) in [5, 5.41) is 71.1. The number of para-hydroxylation sites is 2. The van der Waals surface area contributed by atoms with Crippen LogP contribution < -0.4 is 81.4 Å². The van der Waals surface area contributed by atoms with E-state index in [1.165, 1.54) is 64.9 Å². The van der Waals surface area contributed by atoms with Crippen LogP contribution in [0, 0.1) is 5.41 Å². The van der Waals surface area contributed by atoms with Crippen LogP contribution in [-0.4, -0.2) is 329 Å². The number of phenolic OH excluding ortho intramolecular Hbond substituents is 1. The minimum Gasteiger partial charge on any atom is -0.508 e. The fraction of sp³-hybridized carbons (Fsp3) is 0.527. The van der Waals surface area contributed by atoms with E-state index in [2.05, 4.69) is 78.4 Å². The van der Waals surface area contributed by atoms with Gasteiger partial charge in [-0.05, 0) is 112 Å². The number of aliphatic hydroxyl groups is 2. The average molecular weight is 1930 g/mol. The summed E-state index contributed by atoms with van der Waals surface area (Å²) in [6.45, 7) is 2.61. The number of primary amides is 2. The van der Waals surface area contributed by atoms with Gasteiger partial charge in [0.25, 0.3) is 0 Å². The van der Waals surface area contributed by atoms with Gasteiger partial charge < -0.3 is 136 Å². The molecule has 45 nitrogen and oxygen atoms in total. The van der Waals surface area contributed by atoms with Crippen molar-refractivity contribution >= 4 is 140 Å². The van der Waals surface area contributed by atoms with Crippen LogP contribution >= 0.6 is 11.8 Å². The van der Waals surface area contributed by atoms with Crippen molar-refractivity contribution < 1.29 is 96.8 Å². The number of guanidine groups is 1. The van der Waals surface area contributed by atoms with E-state index in [0.717, 1.165) is 36.3 Å². The van der Waals surface area contributed by atoms with Crippen LogP contribution in [0.15, 0.2) is 97.7 Å². The second kappa shape index (κ2) is 51.8. The highest BCUT2D eigenvalue weighted by atomic mass is 32.2. The normalized spacial score (nSPS) is 24.5. The van der Waals surface area contributed by atoms with Crippen LogP contribution in [0.3, 0.4) is 0 Å². The third-order valence-corrected chi connectivity index (χ3v) is 25.6. The molecule has 6 heterocycles. The summed E-state index contributed by atoms with van der Waals surface area (Å²) in [5.74, 6) is -17.8. The number of hydrogen-bond donors (Lipinski definition) is 22. The number of likely N-dealkylation sites (N-methyl/N-ethyl adjacent to an activating group) is 3. The molecule has 0 spiro atoms. The number of H-pyrrole nitrogens is 3. The van der Waals surface area contributed by atoms with Crippen molar-refractivity contribution in [2.45, 2.75) is 233 Å². The fourth-order valence-corrected chi connectivity index (χ4v) is 17.7. The lowest BCUT2D eigenvalue weighted by Crippen LogP contribution is -2.61. The van der Waals surface area contributed by atoms with Gasteiger partial charge in [0.15, 0.2) is 5.96 Å². The van der Waals surface area contributed by atoms with Crippen LogP contribution in [0.25, 0.3) is 21.8 Å². The zero-order chi connectivity index (χ0) is 99.9. The number of unbranched alkanes of at least 4 members (excludes halogenated alkanes) is 3. The highest BCUT2D eigenvalue weighted by molar-refractivity contribution is 8.00. The van der Waals surface area contributed by atoms with Gasteiger partial charge in [0.1, 0.15) is 90.3 Å². The summed E-state index contributed by atoms with van der Waals surface area (Å²) >= 11 is 0.758. The van der Waals surface area contributed by atoms with E-state index in [-0.39, 0.29) is 102 Å². The van der Waals surface area contributed by atoms with E-state index in [9.17, 15) is 58.5 Å². The summed E-state index contributed by atoms with van der Waals surface area (Å²) in [4.78, 5) is 270. The van der Waals surface area contributed by atoms with Crippen LogP contribution in [0.5, 0.6) is 5.75 Å². The molecule has 46 heteroatoms. The Balaban J connectivity index is 1.11. The Kier molecular flexibility index (Phi) is 40.4. The molecular formula is C91H129N25O20S. The number of aromatic amines is 3. The molecule has 3 aromatic carbocycles. The molecule has 0 saturated carbocycles. The molecule has 6 aromatic rings. The molecule has 3 fully saturated rings. The molecule has 9 rings (SSSR count). The molecular weight excluding hydrogens is 1800 g/mol. The number of rotatable bonds is 28. The predicted octanol–water partition coefficient (Wildman–Crippen LogP) is -3.85. The summed E-state index contributed by atoms with van der Waals surface area (Å²) in [7, 11) is 3.89. The quantitative estimate of drug-likeness (QED) is 0.0127. The van der Waals surface area contributed by atoms with E-state index >= 15 is 38.4 Å². The molecule has 17 amide bonds. The number of thioether (sulfide) groups is 1. The van der Waals surface area contributed by atoms with Crippen molar-refractivity contribution in [3.63, 3.8) is 0 Å². The lowest BCUT2D eigenvalue weighted by molar-refractivity contribution is -0.149. The minimum absolute atomic E-state index is 0.0163. The van der Waals surface area contributed by atoms with Gasteiger partial charge in [-0.1, -0.05) is 88.1 Å². The third kappa shape index (κ3) is 30.1. The first kappa shape index (κ1) is 107. The fourth-order valence-electron chi connectivity index (χ4n) is 16.8. The van der Waals surface area contributed by atoms with Gasteiger partial charge >= 0.3 is 0 Å². The number of nitrogens with zero attached hydrogens (tertiary/aromatic N) is 6. The molecule has 15 atom stereocenters. The Hall–Kier alpha value is -13.8. The van der Waals surface area contributed by atoms with Gasteiger partial charge in [-0.15, -0.1) is 11.8 Å². The summed E-state index contributed by atoms with van der Waals surface area (Å²) in [5.41, 5.74) is 25.7. The number of imidazole rings is 1. The maximum absolute atomic E-state index is 15.8. The Labute approximate surface area is 795 Å². The smallest absolute Gasteiger partial charge is 0.246 e. The number of amides is 17. The van der Waals surface area contributed by atoms with Crippen molar-refractivity contribution in [2.75, 3.05) is 72.0 Å². The molecule has 3 saturated heterocycles. The molecule has 3 aliphatic rings. The summed E-state index contributed by atoms with van der Waals surface area (Å²) in [6, 6.07) is -2.44. The van der Waals surface area contributed by atoms with E-state index in [1.807, 2.05) is 13.8 Å². The minimum atomic E-state index is -1.90. The highest BCUT2D eigenvalue weighted by Crippen LogP contribution is 2.28. The largest absolute Gasteiger partial charge is 0.508 e. The lowest BCUT2D eigenvalue weighted by atomic mass is 10.00. The Morgan fingerprint density at radius 2 is 1.07 bits per heavy atom. The number of hydrogen-bond acceptors (Lipinski definition) is 24. The van der Waals surface area contributed by atoms with Gasteiger partial charge in [0.05, 0.1) is 37.8 Å². The molecule has 3 aromatic heterocycles. The lowest BCUT2D eigenvalue weighted by Gasteiger charge is -2.36. The molecule has 0 unspecified atom stereocenters. The van der Waals surface area contributed by atoms with Gasteiger partial charge in [0, 0.05) is 125 Å². The Bertz CT molecular complexity index is 5250. The van der Waals surface area contributed by atoms with Gasteiger partial charge in [0.2, 0.25) is 100 Å². The number of aromatic nitrogens is 4. The van der Waals surface area contributed by atoms with E-state index in [4.69, 9.17) is 28.3 Å². The number of aliphatic hydroxyl groups excluding tert-OH is 2. The van der Waals surface area contributed by atoms with Crippen molar-refractivity contribution in [2.24, 2.45) is 22.9 Å². The number of benzene rings is 3. The molecule has 0 bridgehead atoms. The molecule has 744 valence electrons. The summed E-state index contributed by atoms with van der Waals surface area (Å²) < 4.78 is 0. The van der Waals surface area contributed by atoms with Crippen molar-refractivity contribution in [1.29, 1.82) is 5.41 Å². The van der Waals surface area contributed by atoms with Crippen LogP contribution in [0.4, 0.5) is 0 Å². The maximum Gasteiger partial charge on any atom is 0.246 e. The molecule has 0 aliphatic carbocycles. The first-order chi connectivity index (χ1) is 65.4. The zero-order valence-electron chi connectivity index (χ0n) is 77.7. The SMILES string of the molecule is CCCC[C@H]1C(=O)N(C)[C@@H](CCCC)C(=O)N[C@@H](CCCNC(=N)N)C(=O)N[C@H](C(=O)NCC(N)=O)CSCC(=O)N[C@@H](Cc2ccc(O)cc2)C(=O)N(C)[C@@H](C)C(=O)N[C@@H](CC(N)=O)C(=O)N2CCC[C@H]2C(=O)N[C@@H](Cc2cnc[nH]2)C(=O)N[C@@H](CCCCN)C(=O)N2C[C@H](O)C[C@H]2C(=O)N[C@@H](Cc2c[nH]c3ccccc23)C(=O)N[C@@H](CO)C(=O)N[C@@H](Cc2c[nH]c3ccccc23)C(=O)N1C. The standard InChI is InChI=1S/C91H129N25O20S/c1-7-9-25-70-83(129)104-61(24-17-33-98-91(95)96)79(125)111-69(78(124)101-44-75(94)121)47-137-48-76(122)103-65(35-51-28-30-55(118)31-29-51)86(132)112(4)50(3)77(123)108-67(40-74(93)120)89(135)115-34-18-27-71(115)84(130)107-64(38-54-43-97-49-102-54)81(127)105-62(23-15-16-32-92)88(134)116-45-56(119)39-73(116)85(131)106-63(36-52-41-99-59-21-13-11-19-57(52)59)80(126)110-68(46-117)82(128)109-66(37-53-42-100-60-22-14-12-20-58(53)60)87(133)114(6)72(26-10-8-2)90(136)113(70)5/h11-14,19-22,28-31,41-43,49-50,56,61-73,99-100,117-119H,7-10,15-18,23-27,32-40,44-48,92H2,1-6H3,(H2,93,120)(H2,94,121)(H,97,102)(H,101,124)(H,103,122)(H,104,129)(H,105,127)(H,106,131)(H,107,130)(H,108,123)(H,109,128)(H,110,126)(H,111,125)(H4,95,96,98)/t50-,56+,61-,62-,63-,64-,65-,66-,67-,68-,69-,70-,71-,72-,73-/m0/s1. The van der Waals surface area contributed by atoms with Crippen molar-refractivity contribution in [3.05, 3.63) is 120 Å². The average Bonchev–Trinajstić information content (AvgIpc) is 1.77. The van der Waals surface area contributed by atoms with Crippen molar-refractivity contribution in [3.8, 4) is 5.75 Å². The van der Waals surface area contributed by atoms with Crippen LogP contribution in [-0.2, 0) is 107 Å². The van der Waals surface area contributed by atoms with Crippen LogP contribution in [0.2, 0.25) is 0 Å². The third-order valence-electron chi connectivity index (χ3n) is 24.6. The Morgan fingerprint density at radius 3 is 1.68 bits per heavy atom. The monoisotopic (exact) mass is 1920 g/mol. The van der Waals surface area contributed by atoms with E-state index < -0.39 is 241 Å². The first-order valence-corrected chi connectivity index (χ1v) is 47.1. The number of carbonyl (C=O) groups is 17. The number of aromatic hydroxyl groups is 1. The molecule has 3 aliphatic heterocycles. The molecule has 137 heavy (non-hydrogen) atoms. The zero-order valence-corrected chi connectivity index (χ0v) is 78.5. The topological polar surface area (TPSA) is 688 Å². The van der Waals surface area contributed by atoms with Gasteiger partial charge in [-0.2, -0.15) is 0 Å². The maximum atomic E-state index is 15.8. The second-order valence-electron chi connectivity index (χ2n) is 34.6. The summed E-state index contributed by atoms with van der Waals surface area (Å²) in [6.07, 6.45) is 4.01. The first-order valence-electron chi connectivity index (χ1n) is 45.9. The molecule has 26 N–H and O–H groups in total. The number of phenols is 1. The molecule has 0 radical (unpaired) electrons. The number of carbonyl (C=O) groups excluding carboxylic acids is 17. The Morgan fingerprint density at radius 1 is 0.533 bits per heavy atom. The van der Waals surface area contributed by atoms with E-state index in [0.29, 0.717) is 76.3 Å². The number of nitrogens with one attached hydrogen (secondary N) is 15. The predicted molar refractivity (Wildman–Crippen MR) is 503 cm³/mol. The number of nitrogens with two attached hydrogens (primary N) is 4. The van der Waals surface area contributed by atoms with Crippen molar-refractivity contribution in [1.82, 2.24) is 103 Å². The number of fused-ring (bicyclic) bond motifs is 4. The van der Waals surface area contributed by atoms with Gasteiger partial charge in [-0.25, -0.2) is 4.98 Å².